The van der Waals surface area contributed by atoms with Gasteiger partial charge in [0.1, 0.15) is 17.2 Å². The SMILES string of the molecule is CN=C(NCc1cc(OC)ccc1O)N(C)Cc1ccccc1OC.I. The molecule has 142 valence electrons. The lowest BCUT2D eigenvalue weighted by atomic mass is 10.2. The number of phenols is 1. The summed E-state index contributed by atoms with van der Waals surface area (Å²) < 4.78 is 10.6. The standard InChI is InChI=1S/C19H25N3O3.HI/c1-20-19(21-12-15-11-16(24-3)9-10-17(15)23)22(2)13-14-7-5-6-8-18(14)25-4;/h5-11,23H,12-13H2,1-4H3,(H,20,21);1H. The lowest BCUT2D eigenvalue weighted by Gasteiger charge is -2.23. The normalized spacial score (nSPS) is 10.7. The quantitative estimate of drug-likeness (QED) is 0.385. The average molecular weight is 471 g/mol. The first kappa shape index (κ1) is 21.9. The second-order valence-electron chi connectivity index (χ2n) is 5.56. The summed E-state index contributed by atoms with van der Waals surface area (Å²) in [6, 6.07) is 13.0. The summed E-state index contributed by atoms with van der Waals surface area (Å²) in [5.41, 5.74) is 1.81. The molecule has 0 spiro atoms. The molecule has 0 atom stereocenters. The highest BCUT2D eigenvalue weighted by Gasteiger charge is 2.11. The largest absolute Gasteiger partial charge is 0.508 e. The minimum atomic E-state index is 0. The number of aromatic hydroxyl groups is 1. The van der Waals surface area contributed by atoms with Crippen LogP contribution in [0.4, 0.5) is 0 Å². The van der Waals surface area contributed by atoms with E-state index in [-0.39, 0.29) is 29.7 Å². The van der Waals surface area contributed by atoms with Crippen LogP contribution in [0.5, 0.6) is 17.2 Å². The van der Waals surface area contributed by atoms with Crippen molar-refractivity contribution in [2.75, 3.05) is 28.3 Å². The molecule has 0 saturated heterocycles. The fourth-order valence-corrected chi connectivity index (χ4v) is 2.55. The summed E-state index contributed by atoms with van der Waals surface area (Å²) in [6.07, 6.45) is 0. The van der Waals surface area contributed by atoms with E-state index in [1.165, 1.54) is 0 Å². The van der Waals surface area contributed by atoms with Gasteiger partial charge in [-0.3, -0.25) is 4.99 Å². The molecule has 26 heavy (non-hydrogen) atoms. The molecule has 0 unspecified atom stereocenters. The molecule has 0 radical (unpaired) electrons. The van der Waals surface area contributed by atoms with Crippen molar-refractivity contribution in [1.82, 2.24) is 10.2 Å². The van der Waals surface area contributed by atoms with Gasteiger partial charge in [-0.05, 0) is 24.3 Å². The average Bonchev–Trinajstić information content (AvgIpc) is 2.64. The number of nitrogens with zero attached hydrogens (tertiary/aromatic N) is 2. The van der Waals surface area contributed by atoms with Crippen molar-refractivity contribution in [2.24, 2.45) is 4.99 Å². The van der Waals surface area contributed by atoms with Crippen molar-refractivity contribution < 1.29 is 14.6 Å². The molecule has 0 heterocycles. The summed E-state index contributed by atoms with van der Waals surface area (Å²) in [5.74, 6) is 2.48. The third-order valence-electron chi connectivity index (χ3n) is 3.90. The Hall–Kier alpha value is -2.16. The topological polar surface area (TPSA) is 66.3 Å². The zero-order valence-corrected chi connectivity index (χ0v) is 17.9. The molecular weight excluding hydrogens is 445 g/mol. The van der Waals surface area contributed by atoms with E-state index >= 15 is 0 Å². The first-order valence-electron chi connectivity index (χ1n) is 7.98. The van der Waals surface area contributed by atoms with E-state index < -0.39 is 0 Å². The van der Waals surface area contributed by atoms with E-state index in [9.17, 15) is 5.11 Å². The predicted molar refractivity (Wildman–Crippen MR) is 115 cm³/mol. The Kier molecular flexibility index (Phi) is 9.04. The van der Waals surface area contributed by atoms with Crippen molar-refractivity contribution in [1.29, 1.82) is 0 Å². The van der Waals surface area contributed by atoms with Crippen LogP contribution in [0.15, 0.2) is 47.5 Å². The van der Waals surface area contributed by atoms with Crippen LogP contribution in [-0.2, 0) is 13.1 Å². The van der Waals surface area contributed by atoms with Gasteiger partial charge in [-0.2, -0.15) is 0 Å². The molecule has 0 aliphatic heterocycles. The molecule has 0 aliphatic rings. The number of hydrogen-bond acceptors (Lipinski definition) is 4. The number of aliphatic imine (C=N–C) groups is 1. The van der Waals surface area contributed by atoms with Crippen LogP contribution in [-0.4, -0.2) is 44.3 Å². The molecule has 6 nitrogen and oxygen atoms in total. The van der Waals surface area contributed by atoms with E-state index in [4.69, 9.17) is 9.47 Å². The third-order valence-corrected chi connectivity index (χ3v) is 3.90. The fraction of sp³-hybridized carbons (Fsp3) is 0.316. The maximum Gasteiger partial charge on any atom is 0.193 e. The number of benzene rings is 2. The van der Waals surface area contributed by atoms with E-state index in [1.54, 1.807) is 39.5 Å². The minimum absolute atomic E-state index is 0. The smallest absolute Gasteiger partial charge is 0.193 e. The Labute approximate surface area is 171 Å². The number of hydrogen-bond donors (Lipinski definition) is 2. The van der Waals surface area contributed by atoms with Gasteiger partial charge < -0.3 is 24.8 Å². The predicted octanol–water partition coefficient (Wildman–Crippen LogP) is 3.23. The Bertz CT molecular complexity index is 738. The van der Waals surface area contributed by atoms with Crippen LogP contribution >= 0.6 is 24.0 Å². The number of rotatable bonds is 6. The number of nitrogens with one attached hydrogen (secondary N) is 1. The number of guanidine groups is 1. The Morgan fingerprint density at radius 3 is 2.50 bits per heavy atom. The molecule has 2 rings (SSSR count). The van der Waals surface area contributed by atoms with Gasteiger partial charge in [-0.25, -0.2) is 0 Å². The second-order valence-corrected chi connectivity index (χ2v) is 5.56. The van der Waals surface area contributed by atoms with E-state index in [2.05, 4.69) is 10.3 Å². The van der Waals surface area contributed by atoms with Crippen molar-refractivity contribution in [3.63, 3.8) is 0 Å². The van der Waals surface area contributed by atoms with Crippen LogP contribution in [0.1, 0.15) is 11.1 Å². The van der Waals surface area contributed by atoms with Crippen LogP contribution in [0.2, 0.25) is 0 Å². The Morgan fingerprint density at radius 1 is 1.12 bits per heavy atom. The molecule has 2 aromatic carbocycles. The van der Waals surface area contributed by atoms with E-state index in [1.807, 2.05) is 36.2 Å². The van der Waals surface area contributed by atoms with Crippen LogP contribution in [0.3, 0.4) is 0 Å². The Balaban J connectivity index is 0.00000338. The zero-order valence-electron chi connectivity index (χ0n) is 15.5. The molecule has 0 bridgehead atoms. The molecule has 7 heteroatoms. The number of phenolic OH excluding ortho intramolecular Hbond substituents is 1. The van der Waals surface area contributed by atoms with Gasteiger partial charge in [0.25, 0.3) is 0 Å². The van der Waals surface area contributed by atoms with Crippen LogP contribution < -0.4 is 14.8 Å². The van der Waals surface area contributed by atoms with Gasteiger partial charge in [0.2, 0.25) is 0 Å². The van der Waals surface area contributed by atoms with Crippen molar-refractivity contribution >= 4 is 29.9 Å². The molecule has 0 amide bonds. The maximum atomic E-state index is 9.99. The monoisotopic (exact) mass is 471 g/mol. The van der Waals surface area contributed by atoms with Gasteiger partial charge in [0.05, 0.1) is 14.2 Å². The first-order valence-corrected chi connectivity index (χ1v) is 7.98. The Morgan fingerprint density at radius 2 is 1.85 bits per heavy atom. The highest BCUT2D eigenvalue weighted by atomic mass is 127. The minimum Gasteiger partial charge on any atom is -0.508 e. The highest BCUT2D eigenvalue weighted by molar-refractivity contribution is 14.0. The summed E-state index contributed by atoms with van der Waals surface area (Å²) in [4.78, 5) is 6.30. The molecule has 0 saturated carbocycles. The number of ether oxygens (including phenoxy) is 2. The number of methoxy groups -OCH3 is 2. The van der Waals surface area contributed by atoms with Crippen molar-refractivity contribution in [3.05, 3.63) is 53.6 Å². The summed E-state index contributed by atoms with van der Waals surface area (Å²) in [7, 11) is 6.95. The second kappa shape index (κ2) is 10.7. The maximum absolute atomic E-state index is 9.99. The number of halogens is 1. The lowest BCUT2D eigenvalue weighted by molar-refractivity contribution is 0.395. The summed E-state index contributed by atoms with van der Waals surface area (Å²) in [6.45, 7) is 1.08. The molecule has 2 N–H and O–H groups in total. The van der Waals surface area contributed by atoms with Crippen LogP contribution in [0, 0.1) is 0 Å². The van der Waals surface area contributed by atoms with Crippen molar-refractivity contribution in [2.45, 2.75) is 13.1 Å². The highest BCUT2D eigenvalue weighted by Crippen LogP contribution is 2.23. The molecule has 0 fully saturated rings. The first-order chi connectivity index (χ1) is 12.1. The third kappa shape index (κ3) is 5.69. The van der Waals surface area contributed by atoms with Gasteiger partial charge in [-0.15, -0.1) is 24.0 Å². The summed E-state index contributed by atoms with van der Waals surface area (Å²) >= 11 is 0. The van der Waals surface area contributed by atoms with Gasteiger partial charge in [-0.1, -0.05) is 18.2 Å². The lowest BCUT2D eigenvalue weighted by Crippen LogP contribution is -2.38. The molecule has 0 aliphatic carbocycles. The van der Waals surface area contributed by atoms with Gasteiger partial charge >= 0.3 is 0 Å². The molecule has 2 aromatic rings. The van der Waals surface area contributed by atoms with Crippen molar-refractivity contribution in [3.8, 4) is 17.2 Å². The van der Waals surface area contributed by atoms with E-state index in [0.717, 1.165) is 16.9 Å². The zero-order chi connectivity index (χ0) is 18.2. The summed E-state index contributed by atoms with van der Waals surface area (Å²) in [5, 5.41) is 13.2. The van der Waals surface area contributed by atoms with Gasteiger partial charge in [0.15, 0.2) is 5.96 Å². The number of para-hydroxylation sites is 1. The van der Waals surface area contributed by atoms with Crippen LogP contribution in [0.25, 0.3) is 0 Å². The van der Waals surface area contributed by atoms with Gasteiger partial charge in [0, 0.05) is 38.3 Å². The molecule has 0 aromatic heterocycles. The fourth-order valence-electron chi connectivity index (χ4n) is 2.55. The van der Waals surface area contributed by atoms with E-state index in [0.29, 0.717) is 24.8 Å². The molecular formula is C19H26IN3O3.